The van der Waals surface area contributed by atoms with E-state index in [1.807, 2.05) is 25.1 Å². The van der Waals surface area contributed by atoms with E-state index >= 15 is 0 Å². The van der Waals surface area contributed by atoms with Gasteiger partial charge in [0, 0.05) is 19.6 Å². The molecule has 1 aliphatic rings. The highest BCUT2D eigenvalue weighted by atomic mass is 16.5. The molecule has 1 heterocycles. The zero-order chi connectivity index (χ0) is 15.9. The largest absolute Gasteiger partial charge is 0.493 e. The number of methoxy groups -OCH3 is 2. The molecule has 1 aromatic carbocycles. The highest BCUT2D eigenvalue weighted by Gasteiger charge is 2.22. The Hall–Kier alpha value is -1.79. The smallest absolute Gasteiger partial charge is 0.237 e. The summed E-state index contributed by atoms with van der Waals surface area (Å²) in [6.45, 7) is 5.36. The lowest BCUT2D eigenvalue weighted by atomic mass is 10.2. The van der Waals surface area contributed by atoms with E-state index in [0.717, 1.165) is 18.7 Å². The second kappa shape index (κ2) is 8.00. The third kappa shape index (κ3) is 4.11. The van der Waals surface area contributed by atoms with Crippen LogP contribution in [0, 0.1) is 0 Å². The molecule has 2 rings (SSSR count). The Morgan fingerprint density at radius 3 is 2.59 bits per heavy atom. The van der Waals surface area contributed by atoms with Crippen molar-refractivity contribution in [2.24, 2.45) is 0 Å². The van der Waals surface area contributed by atoms with E-state index in [0.29, 0.717) is 31.3 Å². The van der Waals surface area contributed by atoms with Crippen molar-refractivity contribution in [3.8, 4) is 11.5 Å². The van der Waals surface area contributed by atoms with Crippen molar-refractivity contribution in [2.45, 2.75) is 19.5 Å². The number of carbonyl (C=O) groups excluding carboxylic acids is 1. The Bertz CT molecular complexity index is 501. The number of hydrogen-bond donors (Lipinski definition) is 1. The van der Waals surface area contributed by atoms with Crippen LogP contribution in [0.25, 0.3) is 0 Å². The lowest BCUT2D eigenvalue weighted by Crippen LogP contribution is -2.49. The molecule has 6 heteroatoms. The zero-order valence-electron chi connectivity index (χ0n) is 13.4. The Labute approximate surface area is 131 Å². The van der Waals surface area contributed by atoms with Gasteiger partial charge in [0.2, 0.25) is 5.91 Å². The average Bonchev–Trinajstić information content (AvgIpc) is 2.59. The maximum absolute atomic E-state index is 12.2. The maximum Gasteiger partial charge on any atom is 0.237 e. The number of morpholine rings is 1. The highest BCUT2D eigenvalue weighted by molar-refractivity contribution is 5.81. The van der Waals surface area contributed by atoms with Crippen molar-refractivity contribution in [2.75, 3.05) is 40.5 Å². The van der Waals surface area contributed by atoms with Crippen LogP contribution in [0.5, 0.6) is 11.5 Å². The molecule has 0 saturated carbocycles. The first kappa shape index (κ1) is 16.6. The maximum atomic E-state index is 12.2. The van der Waals surface area contributed by atoms with Crippen molar-refractivity contribution in [1.82, 2.24) is 10.2 Å². The van der Waals surface area contributed by atoms with Crippen LogP contribution in [0.3, 0.4) is 0 Å². The summed E-state index contributed by atoms with van der Waals surface area (Å²) >= 11 is 0. The standard InChI is InChI=1S/C16H24N2O4/c1-12(18-6-8-22-9-7-18)16(19)17-11-13-4-5-14(20-2)15(10-13)21-3/h4-5,10,12H,6-9,11H2,1-3H3,(H,17,19)/t12-/m1/s1. The molecule has 0 radical (unpaired) electrons. The zero-order valence-corrected chi connectivity index (χ0v) is 13.4. The van der Waals surface area contributed by atoms with E-state index in [1.54, 1.807) is 14.2 Å². The molecule has 0 unspecified atom stereocenters. The van der Waals surface area contributed by atoms with E-state index in [-0.39, 0.29) is 11.9 Å². The minimum absolute atomic E-state index is 0.0247. The number of rotatable bonds is 6. The fourth-order valence-electron chi connectivity index (χ4n) is 2.46. The van der Waals surface area contributed by atoms with Gasteiger partial charge in [-0.25, -0.2) is 0 Å². The van der Waals surface area contributed by atoms with Crippen molar-refractivity contribution in [3.63, 3.8) is 0 Å². The van der Waals surface area contributed by atoms with Crippen LogP contribution in [0.2, 0.25) is 0 Å². The highest BCUT2D eigenvalue weighted by Crippen LogP contribution is 2.27. The molecule has 0 aliphatic carbocycles. The van der Waals surface area contributed by atoms with Crippen molar-refractivity contribution in [1.29, 1.82) is 0 Å². The predicted molar refractivity (Wildman–Crippen MR) is 83.2 cm³/mol. The topological polar surface area (TPSA) is 60.0 Å². The fourth-order valence-corrected chi connectivity index (χ4v) is 2.46. The summed E-state index contributed by atoms with van der Waals surface area (Å²) in [6, 6.07) is 5.48. The number of nitrogens with one attached hydrogen (secondary N) is 1. The van der Waals surface area contributed by atoms with Gasteiger partial charge in [-0.2, -0.15) is 0 Å². The van der Waals surface area contributed by atoms with E-state index in [2.05, 4.69) is 10.2 Å². The van der Waals surface area contributed by atoms with Crippen LogP contribution in [-0.2, 0) is 16.1 Å². The van der Waals surface area contributed by atoms with Gasteiger partial charge in [0.1, 0.15) is 0 Å². The molecule has 1 saturated heterocycles. The van der Waals surface area contributed by atoms with Crippen LogP contribution in [0.15, 0.2) is 18.2 Å². The molecule has 1 N–H and O–H groups in total. The Morgan fingerprint density at radius 2 is 1.95 bits per heavy atom. The first-order chi connectivity index (χ1) is 10.7. The number of hydrogen-bond acceptors (Lipinski definition) is 5. The molecule has 6 nitrogen and oxygen atoms in total. The number of benzene rings is 1. The Kier molecular flexibility index (Phi) is 6.03. The van der Waals surface area contributed by atoms with Crippen molar-refractivity contribution in [3.05, 3.63) is 23.8 Å². The van der Waals surface area contributed by atoms with Gasteiger partial charge in [-0.15, -0.1) is 0 Å². The minimum Gasteiger partial charge on any atom is -0.493 e. The molecule has 0 bridgehead atoms. The van der Waals surface area contributed by atoms with Gasteiger partial charge in [-0.05, 0) is 24.6 Å². The summed E-state index contributed by atoms with van der Waals surface area (Å²) in [5.74, 6) is 1.37. The summed E-state index contributed by atoms with van der Waals surface area (Å²) in [6.07, 6.45) is 0. The van der Waals surface area contributed by atoms with E-state index in [4.69, 9.17) is 14.2 Å². The summed E-state index contributed by atoms with van der Waals surface area (Å²) in [7, 11) is 3.20. The summed E-state index contributed by atoms with van der Waals surface area (Å²) in [4.78, 5) is 14.4. The minimum atomic E-state index is -0.149. The summed E-state index contributed by atoms with van der Waals surface area (Å²) in [5, 5.41) is 2.97. The average molecular weight is 308 g/mol. The molecule has 22 heavy (non-hydrogen) atoms. The second-order valence-electron chi connectivity index (χ2n) is 5.23. The number of nitrogens with zero attached hydrogens (tertiary/aromatic N) is 1. The van der Waals surface area contributed by atoms with Gasteiger partial charge < -0.3 is 19.5 Å². The van der Waals surface area contributed by atoms with Gasteiger partial charge in [-0.3, -0.25) is 9.69 Å². The molecule has 1 atom stereocenters. The summed E-state index contributed by atoms with van der Waals surface area (Å²) in [5.41, 5.74) is 0.972. The van der Waals surface area contributed by atoms with Crippen LogP contribution in [0.4, 0.5) is 0 Å². The second-order valence-corrected chi connectivity index (χ2v) is 5.23. The Balaban J connectivity index is 1.90. The molecular weight excluding hydrogens is 284 g/mol. The van der Waals surface area contributed by atoms with Crippen LogP contribution < -0.4 is 14.8 Å². The molecule has 1 amide bonds. The monoisotopic (exact) mass is 308 g/mol. The predicted octanol–water partition coefficient (Wildman–Crippen LogP) is 1.04. The molecule has 0 spiro atoms. The third-order valence-corrected chi connectivity index (χ3v) is 3.89. The van der Waals surface area contributed by atoms with Gasteiger partial charge in [0.25, 0.3) is 0 Å². The fraction of sp³-hybridized carbons (Fsp3) is 0.562. The van der Waals surface area contributed by atoms with Gasteiger partial charge in [-0.1, -0.05) is 6.07 Å². The number of ether oxygens (including phenoxy) is 3. The van der Waals surface area contributed by atoms with Gasteiger partial charge in [0.05, 0.1) is 33.5 Å². The van der Waals surface area contributed by atoms with Crippen LogP contribution in [-0.4, -0.2) is 57.4 Å². The quantitative estimate of drug-likeness (QED) is 0.851. The SMILES string of the molecule is COc1ccc(CNC(=O)[C@@H](C)N2CCOCC2)cc1OC. The Morgan fingerprint density at radius 1 is 1.27 bits per heavy atom. The summed E-state index contributed by atoms with van der Waals surface area (Å²) < 4.78 is 15.8. The third-order valence-electron chi connectivity index (χ3n) is 3.89. The van der Waals surface area contributed by atoms with Crippen LogP contribution >= 0.6 is 0 Å². The van der Waals surface area contributed by atoms with Crippen molar-refractivity contribution < 1.29 is 19.0 Å². The van der Waals surface area contributed by atoms with Crippen LogP contribution in [0.1, 0.15) is 12.5 Å². The molecule has 122 valence electrons. The molecule has 1 aromatic rings. The molecule has 1 aliphatic heterocycles. The molecule has 0 aromatic heterocycles. The first-order valence-electron chi connectivity index (χ1n) is 7.46. The molecule has 1 fully saturated rings. The van der Waals surface area contributed by atoms with E-state index in [1.165, 1.54) is 0 Å². The molecular formula is C16H24N2O4. The first-order valence-corrected chi connectivity index (χ1v) is 7.46. The van der Waals surface area contributed by atoms with Crippen molar-refractivity contribution >= 4 is 5.91 Å². The van der Waals surface area contributed by atoms with Gasteiger partial charge in [0.15, 0.2) is 11.5 Å². The lowest BCUT2D eigenvalue weighted by molar-refractivity contribution is -0.127. The van der Waals surface area contributed by atoms with Gasteiger partial charge >= 0.3 is 0 Å². The number of amides is 1. The normalized spacial score (nSPS) is 16.9. The number of carbonyl (C=O) groups is 1. The van der Waals surface area contributed by atoms with E-state index < -0.39 is 0 Å². The lowest BCUT2D eigenvalue weighted by Gasteiger charge is -2.31. The van der Waals surface area contributed by atoms with E-state index in [9.17, 15) is 4.79 Å².